The van der Waals surface area contributed by atoms with Crippen LogP contribution in [0.25, 0.3) is 10.9 Å². The average Bonchev–Trinajstić information content (AvgIpc) is 2.51. The molecular formula is C14H15BrN4O2. The highest BCUT2D eigenvalue weighted by Crippen LogP contribution is 2.14. The zero-order chi connectivity index (χ0) is 14.8. The molecule has 0 bridgehead atoms. The second kappa shape index (κ2) is 5.95. The van der Waals surface area contributed by atoms with E-state index in [4.69, 9.17) is 0 Å². The van der Waals surface area contributed by atoms with Crippen molar-refractivity contribution in [1.82, 2.24) is 19.8 Å². The van der Waals surface area contributed by atoms with Crippen LogP contribution in [0.4, 0.5) is 0 Å². The summed E-state index contributed by atoms with van der Waals surface area (Å²) in [6, 6.07) is 5.35. The van der Waals surface area contributed by atoms with Gasteiger partial charge in [0, 0.05) is 30.7 Å². The zero-order valence-electron chi connectivity index (χ0n) is 11.4. The van der Waals surface area contributed by atoms with Gasteiger partial charge in [-0.1, -0.05) is 15.9 Å². The van der Waals surface area contributed by atoms with Crippen LogP contribution in [0.3, 0.4) is 0 Å². The summed E-state index contributed by atoms with van der Waals surface area (Å²) in [5.41, 5.74) is 0.443. The lowest BCUT2D eigenvalue weighted by Gasteiger charge is -2.27. The summed E-state index contributed by atoms with van der Waals surface area (Å²) in [7, 11) is 0. The number of benzene rings is 1. The predicted octanol–water partition coefficient (Wildman–Crippen LogP) is 0.591. The van der Waals surface area contributed by atoms with Crippen molar-refractivity contribution in [3.63, 3.8) is 0 Å². The van der Waals surface area contributed by atoms with Crippen molar-refractivity contribution in [2.24, 2.45) is 0 Å². The molecule has 0 unspecified atom stereocenters. The molecule has 1 aromatic carbocycles. The first kappa shape index (κ1) is 14.2. The summed E-state index contributed by atoms with van der Waals surface area (Å²) in [5, 5.41) is 3.71. The van der Waals surface area contributed by atoms with Gasteiger partial charge in [0.25, 0.3) is 5.56 Å². The zero-order valence-corrected chi connectivity index (χ0v) is 13.0. The van der Waals surface area contributed by atoms with E-state index in [1.165, 1.54) is 10.9 Å². The van der Waals surface area contributed by atoms with Crippen LogP contribution in [0, 0.1) is 0 Å². The SMILES string of the molecule is O=C(Cn1cnc2ccc(Br)cc2c1=O)N1CCNCC1. The topological polar surface area (TPSA) is 67.2 Å². The molecule has 7 heteroatoms. The Labute approximate surface area is 129 Å². The number of hydrogen-bond acceptors (Lipinski definition) is 4. The second-order valence-electron chi connectivity index (χ2n) is 4.97. The maximum Gasteiger partial charge on any atom is 0.261 e. The number of carbonyl (C=O) groups excluding carboxylic acids is 1. The standard InChI is InChI=1S/C14H15BrN4O2/c15-10-1-2-12-11(7-10)14(21)19(9-17-12)8-13(20)18-5-3-16-4-6-18/h1-2,7,9,16H,3-6,8H2. The van der Waals surface area contributed by atoms with Crippen LogP contribution in [0.2, 0.25) is 0 Å². The molecule has 1 amide bonds. The van der Waals surface area contributed by atoms with Crippen molar-refractivity contribution in [2.75, 3.05) is 26.2 Å². The Morgan fingerprint density at radius 1 is 1.33 bits per heavy atom. The van der Waals surface area contributed by atoms with Gasteiger partial charge in [-0.2, -0.15) is 0 Å². The monoisotopic (exact) mass is 350 g/mol. The van der Waals surface area contributed by atoms with E-state index in [2.05, 4.69) is 26.2 Å². The Bertz CT molecular complexity index is 737. The number of rotatable bonds is 2. The lowest BCUT2D eigenvalue weighted by Crippen LogP contribution is -2.48. The Morgan fingerprint density at radius 3 is 2.86 bits per heavy atom. The molecule has 1 N–H and O–H groups in total. The molecule has 3 rings (SSSR count). The van der Waals surface area contributed by atoms with Gasteiger partial charge in [-0.25, -0.2) is 4.98 Å². The highest BCUT2D eigenvalue weighted by Gasteiger charge is 2.17. The van der Waals surface area contributed by atoms with Gasteiger partial charge in [0.2, 0.25) is 5.91 Å². The summed E-state index contributed by atoms with van der Waals surface area (Å²) in [5.74, 6) is -0.0465. The molecule has 1 saturated heterocycles. The van der Waals surface area contributed by atoms with E-state index in [-0.39, 0.29) is 18.0 Å². The molecule has 0 radical (unpaired) electrons. The second-order valence-corrected chi connectivity index (χ2v) is 5.89. The molecule has 110 valence electrons. The lowest BCUT2D eigenvalue weighted by atomic mass is 10.2. The summed E-state index contributed by atoms with van der Waals surface area (Å²) in [4.78, 5) is 30.7. The Balaban J connectivity index is 1.88. The number of nitrogens with zero attached hydrogens (tertiary/aromatic N) is 3. The number of carbonyl (C=O) groups is 1. The quantitative estimate of drug-likeness (QED) is 0.860. The van der Waals surface area contributed by atoms with E-state index in [0.717, 1.165) is 17.6 Å². The Morgan fingerprint density at radius 2 is 2.10 bits per heavy atom. The van der Waals surface area contributed by atoms with Crippen molar-refractivity contribution in [3.8, 4) is 0 Å². The Hall–Kier alpha value is -1.73. The summed E-state index contributed by atoms with van der Waals surface area (Å²) >= 11 is 3.35. The molecule has 1 aromatic heterocycles. The number of hydrogen-bond donors (Lipinski definition) is 1. The highest BCUT2D eigenvalue weighted by atomic mass is 79.9. The van der Waals surface area contributed by atoms with Crippen LogP contribution in [-0.2, 0) is 11.3 Å². The first-order valence-electron chi connectivity index (χ1n) is 6.78. The van der Waals surface area contributed by atoms with E-state index in [1.54, 1.807) is 17.0 Å². The predicted molar refractivity (Wildman–Crippen MR) is 83.2 cm³/mol. The molecule has 2 heterocycles. The van der Waals surface area contributed by atoms with Crippen LogP contribution in [0.15, 0.2) is 33.8 Å². The van der Waals surface area contributed by atoms with Crippen LogP contribution in [0.5, 0.6) is 0 Å². The maximum absolute atomic E-state index is 12.4. The van der Waals surface area contributed by atoms with Gasteiger partial charge >= 0.3 is 0 Å². The largest absolute Gasteiger partial charge is 0.339 e. The molecule has 0 aliphatic carbocycles. The molecular weight excluding hydrogens is 336 g/mol. The third-order valence-corrected chi connectivity index (χ3v) is 4.05. The molecule has 0 atom stereocenters. The van der Waals surface area contributed by atoms with Gasteiger partial charge in [0.15, 0.2) is 0 Å². The van der Waals surface area contributed by atoms with Gasteiger partial charge in [-0.05, 0) is 18.2 Å². The van der Waals surface area contributed by atoms with E-state index >= 15 is 0 Å². The number of amides is 1. The van der Waals surface area contributed by atoms with Crippen molar-refractivity contribution in [3.05, 3.63) is 39.4 Å². The highest BCUT2D eigenvalue weighted by molar-refractivity contribution is 9.10. The Kier molecular flexibility index (Phi) is 4.03. The number of piperazine rings is 1. The third-order valence-electron chi connectivity index (χ3n) is 3.56. The maximum atomic E-state index is 12.4. The number of halogens is 1. The number of aromatic nitrogens is 2. The molecule has 1 aliphatic rings. The molecule has 21 heavy (non-hydrogen) atoms. The van der Waals surface area contributed by atoms with E-state index in [0.29, 0.717) is 24.0 Å². The van der Waals surface area contributed by atoms with Crippen LogP contribution < -0.4 is 10.9 Å². The van der Waals surface area contributed by atoms with Crippen LogP contribution in [0.1, 0.15) is 0 Å². The summed E-state index contributed by atoms with van der Waals surface area (Å²) < 4.78 is 2.19. The minimum atomic E-state index is -0.190. The van der Waals surface area contributed by atoms with Crippen molar-refractivity contribution >= 4 is 32.7 Å². The van der Waals surface area contributed by atoms with Gasteiger partial charge in [-0.3, -0.25) is 14.2 Å². The lowest BCUT2D eigenvalue weighted by molar-refractivity contribution is -0.132. The van der Waals surface area contributed by atoms with Crippen molar-refractivity contribution in [2.45, 2.75) is 6.54 Å². The number of fused-ring (bicyclic) bond motifs is 1. The van der Waals surface area contributed by atoms with Crippen LogP contribution in [-0.4, -0.2) is 46.5 Å². The fourth-order valence-electron chi connectivity index (χ4n) is 2.40. The molecule has 0 saturated carbocycles. The van der Waals surface area contributed by atoms with Gasteiger partial charge < -0.3 is 10.2 Å². The molecule has 1 fully saturated rings. The number of nitrogens with one attached hydrogen (secondary N) is 1. The smallest absolute Gasteiger partial charge is 0.261 e. The van der Waals surface area contributed by atoms with Gasteiger partial charge in [-0.15, -0.1) is 0 Å². The first-order chi connectivity index (χ1) is 10.1. The molecule has 6 nitrogen and oxygen atoms in total. The average molecular weight is 351 g/mol. The third kappa shape index (κ3) is 2.98. The summed E-state index contributed by atoms with van der Waals surface area (Å²) in [6.07, 6.45) is 1.44. The molecule has 2 aromatic rings. The van der Waals surface area contributed by atoms with Crippen molar-refractivity contribution < 1.29 is 4.79 Å². The minimum absolute atomic E-state index is 0.0360. The van der Waals surface area contributed by atoms with E-state index in [9.17, 15) is 9.59 Å². The van der Waals surface area contributed by atoms with Gasteiger partial charge in [0.05, 0.1) is 17.2 Å². The fraction of sp³-hybridized carbons (Fsp3) is 0.357. The molecule has 1 aliphatic heterocycles. The van der Waals surface area contributed by atoms with E-state index < -0.39 is 0 Å². The van der Waals surface area contributed by atoms with Crippen LogP contribution >= 0.6 is 15.9 Å². The normalized spacial score (nSPS) is 15.4. The molecule has 0 spiro atoms. The minimum Gasteiger partial charge on any atom is -0.339 e. The first-order valence-corrected chi connectivity index (χ1v) is 7.57. The van der Waals surface area contributed by atoms with Crippen molar-refractivity contribution in [1.29, 1.82) is 0 Å². The van der Waals surface area contributed by atoms with Gasteiger partial charge in [0.1, 0.15) is 6.54 Å². The fourth-order valence-corrected chi connectivity index (χ4v) is 2.76. The van der Waals surface area contributed by atoms with E-state index in [1.807, 2.05) is 6.07 Å². The summed E-state index contributed by atoms with van der Waals surface area (Å²) in [6.45, 7) is 2.99.